The zero-order valence-electron chi connectivity index (χ0n) is 20.2. The van der Waals surface area contributed by atoms with Gasteiger partial charge in [0.2, 0.25) is 0 Å². The second-order valence-corrected chi connectivity index (χ2v) is 7.29. The topological polar surface area (TPSA) is 14.2 Å². The highest BCUT2D eigenvalue weighted by Crippen LogP contribution is 2.30. The quantitative estimate of drug-likeness (QED) is 0.352. The van der Waals surface area contributed by atoms with E-state index in [1.165, 1.54) is 33.3 Å². The third-order valence-corrected chi connectivity index (χ3v) is 4.91. The summed E-state index contributed by atoms with van der Waals surface area (Å²) in [6.07, 6.45) is 4.53. The summed E-state index contributed by atoms with van der Waals surface area (Å²) in [6, 6.07) is 19.1. The molecular formula is C29H39NO. The van der Waals surface area contributed by atoms with Gasteiger partial charge in [0, 0.05) is 17.6 Å². The van der Waals surface area contributed by atoms with E-state index < -0.39 is 0 Å². The predicted molar refractivity (Wildman–Crippen MR) is 138 cm³/mol. The Morgan fingerprint density at radius 3 is 2.23 bits per heavy atom. The molecule has 1 aromatic heterocycles. The summed E-state index contributed by atoms with van der Waals surface area (Å²) in [5.41, 5.74) is 6.67. The molecule has 0 bridgehead atoms. The molecule has 0 fully saturated rings. The van der Waals surface area contributed by atoms with Gasteiger partial charge in [-0.3, -0.25) is 0 Å². The highest BCUT2D eigenvalue weighted by molar-refractivity contribution is 5.87. The smallest absolute Gasteiger partial charge is 0.129 e. The number of aromatic nitrogens is 1. The standard InChI is InChI=1S/C24H27NO.C3H6.C2H6/c1-5-14-26-24-13-9-12-23-22(24)16-20(4)25(23)17-19(3)18(2)15-21-10-7-6-8-11-21;1-3-2;1-2/h5-13,16H,1,14-15,17H2,2-4H3;3H,1H2,2H3;1-2H3/b19-18-;;. The van der Waals surface area contributed by atoms with Crippen LogP contribution in [0.2, 0.25) is 0 Å². The van der Waals surface area contributed by atoms with E-state index in [0.29, 0.717) is 6.61 Å². The average Bonchev–Trinajstić information content (AvgIpc) is 3.10. The minimum atomic E-state index is 0.526. The molecule has 0 atom stereocenters. The van der Waals surface area contributed by atoms with E-state index >= 15 is 0 Å². The zero-order chi connectivity index (χ0) is 23.2. The normalized spacial score (nSPS) is 10.8. The van der Waals surface area contributed by atoms with Gasteiger partial charge in [0.1, 0.15) is 12.4 Å². The van der Waals surface area contributed by atoms with Crippen molar-refractivity contribution >= 4 is 10.9 Å². The van der Waals surface area contributed by atoms with Gasteiger partial charge in [0.25, 0.3) is 0 Å². The fourth-order valence-electron chi connectivity index (χ4n) is 3.30. The van der Waals surface area contributed by atoms with E-state index in [1.807, 2.05) is 26.8 Å². The SMILES string of the molecule is C=CC.C=CCOc1cccc2c1cc(C)n2C/C(C)=C(/C)Cc1ccccc1.CC. The molecule has 0 radical (unpaired) electrons. The molecule has 0 aliphatic carbocycles. The van der Waals surface area contributed by atoms with Crippen molar-refractivity contribution < 1.29 is 4.74 Å². The van der Waals surface area contributed by atoms with Gasteiger partial charge in [-0.2, -0.15) is 0 Å². The number of benzene rings is 2. The summed E-state index contributed by atoms with van der Waals surface area (Å²) in [7, 11) is 0. The maximum Gasteiger partial charge on any atom is 0.129 e. The number of nitrogens with zero attached hydrogens (tertiary/aromatic N) is 1. The molecule has 0 unspecified atom stereocenters. The first-order valence-corrected chi connectivity index (χ1v) is 11.1. The predicted octanol–water partition coefficient (Wildman–Crippen LogP) is 8.31. The molecule has 0 aliphatic rings. The monoisotopic (exact) mass is 417 g/mol. The van der Waals surface area contributed by atoms with Gasteiger partial charge in [-0.1, -0.05) is 80.1 Å². The van der Waals surface area contributed by atoms with Crippen LogP contribution >= 0.6 is 0 Å². The number of aryl methyl sites for hydroxylation is 1. The van der Waals surface area contributed by atoms with Crippen LogP contribution in [0.15, 0.2) is 91.1 Å². The minimum Gasteiger partial charge on any atom is -0.489 e. The molecule has 0 spiro atoms. The molecule has 31 heavy (non-hydrogen) atoms. The van der Waals surface area contributed by atoms with Crippen LogP contribution in [0.25, 0.3) is 10.9 Å². The first-order valence-electron chi connectivity index (χ1n) is 11.1. The van der Waals surface area contributed by atoms with Crippen molar-refractivity contribution in [3.63, 3.8) is 0 Å². The molecule has 0 saturated heterocycles. The molecule has 3 aromatic rings. The maximum atomic E-state index is 5.82. The van der Waals surface area contributed by atoms with E-state index in [0.717, 1.165) is 18.7 Å². The van der Waals surface area contributed by atoms with Crippen LogP contribution in [0.4, 0.5) is 0 Å². The van der Waals surface area contributed by atoms with Gasteiger partial charge >= 0.3 is 0 Å². The Labute approximate surface area is 189 Å². The summed E-state index contributed by atoms with van der Waals surface area (Å²) in [5.74, 6) is 0.923. The van der Waals surface area contributed by atoms with Crippen LogP contribution in [-0.4, -0.2) is 11.2 Å². The van der Waals surface area contributed by atoms with E-state index in [9.17, 15) is 0 Å². The number of allylic oxidation sites excluding steroid dienone is 3. The van der Waals surface area contributed by atoms with Crippen LogP contribution in [0.1, 0.15) is 45.9 Å². The second kappa shape index (κ2) is 14.1. The molecular weight excluding hydrogens is 378 g/mol. The Bertz CT molecular complexity index is 977. The summed E-state index contributed by atoms with van der Waals surface area (Å²) in [4.78, 5) is 0. The first-order chi connectivity index (χ1) is 15.0. The van der Waals surface area contributed by atoms with Crippen molar-refractivity contribution in [3.8, 4) is 5.75 Å². The Kier molecular flexibility index (Phi) is 11.8. The molecule has 3 rings (SSSR count). The van der Waals surface area contributed by atoms with Crippen LogP contribution in [0, 0.1) is 6.92 Å². The number of rotatable bonds is 7. The number of hydrogen-bond acceptors (Lipinski definition) is 1. The molecule has 2 aromatic carbocycles. The number of fused-ring (bicyclic) bond motifs is 1. The van der Waals surface area contributed by atoms with Gasteiger partial charge in [-0.15, -0.1) is 6.58 Å². The van der Waals surface area contributed by atoms with E-state index in [2.05, 4.69) is 87.0 Å². The maximum absolute atomic E-state index is 5.82. The largest absolute Gasteiger partial charge is 0.489 e. The van der Waals surface area contributed by atoms with Crippen molar-refractivity contribution in [2.24, 2.45) is 0 Å². The van der Waals surface area contributed by atoms with Gasteiger partial charge in [-0.25, -0.2) is 0 Å². The Hall–Kier alpha value is -3.00. The van der Waals surface area contributed by atoms with Gasteiger partial charge < -0.3 is 9.30 Å². The third-order valence-electron chi connectivity index (χ3n) is 4.91. The van der Waals surface area contributed by atoms with Crippen molar-refractivity contribution in [3.05, 3.63) is 102 Å². The van der Waals surface area contributed by atoms with Crippen LogP contribution in [0.3, 0.4) is 0 Å². The lowest BCUT2D eigenvalue weighted by atomic mass is 10.0. The van der Waals surface area contributed by atoms with E-state index in [4.69, 9.17) is 4.74 Å². The van der Waals surface area contributed by atoms with Crippen molar-refractivity contribution in [2.75, 3.05) is 6.61 Å². The van der Waals surface area contributed by atoms with Gasteiger partial charge in [0.05, 0.1) is 5.52 Å². The number of hydrogen-bond donors (Lipinski definition) is 0. The molecule has 0 N–H and O–H groups in total. The summed E-state index contributed by atoms with van der Waals surface area (Å²) in [6.45, 7) is 21.1. The zero-order valence-corrected chi connectivity index (χ0v) is 20.2. The first kappa shape index (κ1) is 26.0. The highest BCUT2D eigenvalue weighted by Gasteiger charge is 2.11. The second-order valence-electron chi connectivity index (χ2n) is 7.29. The van der Waals surface area contributed by atoms with E-state index in [-0.39, 0.29) is 0 Å². The third kappa shape index (κ3) is 7.64. The Morgan fingerprint density at radius 2 is 1.61 bits per heavy atom. The molecule has 2 heteroatoms. The Morgan fingerprint density at radius 1 is 0.968 bits per heavy atom. The lowest BCUT2D eigenvalue weighted by Crippen LogP contribution is -2.04. The van der Waals surface area contributed by atoms with Crippen LogP contribution in [0.5, 0.6) is 5.75 Å². The van der Waals surface area contributed by atoms with Crippen molar-refractivity contribution in [2.45, 2.75) is 54.5 Å². The molecule has 0 amide bonds. The van der Waals surface area contributed by atoms with Gasteiger partial charge in [0.15, 0.2) is 0 Å². The highest BCUT2D eigenvalue weighted by atomic mass is 16.5. The Balaban J connectivity index is 0.000000884. The molecule has 1 heterocycles. The van der Waals surface area contributed by atoms with Gasteiger partial charge in [-0.05, 0) is 57.9 Å². The summed E-state index contributed by atoms with van der Waals surface area (Å²) >= 11 is 0. The summed E-state index contributed by atoms with van der Waals surface area (Å²) < 4.78 is 8.20. The lowest BCUT2D eigenvalue weighted by molar-refractivity contribution is 0.367. The summed E-state index contributed by atoms with van der Waals surface area (Å²) in [5, 5.41) is 1.17. The molecule has 0 saturated carbocycles. The fourth-order valence-corrected chi connectivity index (χ4v) is 3.30. The van der Waals surface area contributed by atoms with E-state index in [1.54, 1.807) is 12.2 Å². The molecule has 2 nitrogen and oxygen atoms in total. The van der Waals surface area contributed by atoms with Crippen LogP contribution in [-0.2, 0) is 13.0 Å². The number of ether oxygens (including phenoxy) is 1. The van der Waals surface area contributed by atoms with Crippen LogP contribution < -0.4 is 4.74 Å². The fraction of sp³-hybridized carbons (Fsp3) is 0.310. The minimum absolute atomic E-state index is 0.526. The van der Waals surface area contributed by atoms with Crippen molar-refractivity contribution in [1.29, 1.82) is 0 Å². The average molecular weight is 418 g/mol. The molecule has 166 valence electrons. The van der Waals surface area contributed by atoms with Crippen molar-refractivity contribution in [1.82, 2.24) is 4.57 Å². The lowest BCUT2D eigenvalue weighted by Gasteiger charge is -2.13. The molecule has 0 aliphatic heterocycles.